The molecule has 1 amide bonds. The first-order valence-corrected chi connectivity index (χ1v) is 7.20. The Balaban J connectivity index is 1.62. The van der Waals surface area contributed by atoms with E-state index in [4.69, 9.17) is 5.73 Å². The van der Waals surface area contributed by atoms with E-state index >= 15 is 0 Å². The van der Waals surface area contributed by atoms with Gasteiger partial charge in [0.15, 0.2) is 0 Å². The highest BCUT2D eigenvalue weighted by Crippen LogP contribution is 2.18. The molecule has 4 N–H and O–H groups in total. The van der Waals surface area contributed by atoms with Gasteiger partial charge in [0.05, 0.1) is 18.3 Å². The number of carbonyl (C=O) groups is 1. The van der Waals surface area contributed by atoms with Gasteiger partial charge in [0, 0.05) is 30.3 Å². The molecule has 2 heterocycles. The number of aryl methyl sites for hydroxylation is 1. The minimum atomic E-state index is -0.576. The molecule has 0 unspecified atom stereocenters. The summed E-state index contributed by atoms with van der Waals surface area (Å²) in [5.74, 6) is -0.161. The van der Waals surface area contributed by atoms with Gasteiger partial charge in [-0.25, -0.2) is 0 Å². The molecule has 0 spiro atoms. The third-order valence-electron chi connectivity index (χ3n) is 3.82. The topological polar surface area (TPSA) is 88.7 Å². The predicted molar refractivity (Wildman–Crippen MR) is 85.0 cm³/mol. The Labute approximate surface area is 128 Å². The second-order valence-corrected chi connectivity index (χ2v) is 5.33. The van der Waals surface area contributed by atoms with Crippen LogP contribution in [0.1, 0.15) is 11.3 Å². The fourth-order valence-electron chi connectivity index (χ4n) is 2.51. The molecule has 2 aromatic heterocycles. The van der Waals surface area contributed by atoms with Crippen LogP contribution in [0.15, 0.2) is 42.7 Å². The van der Waals surface area contributed by atoms with Crippen molar-refractivity contribution in [2.75, 3.05) is 0 Å². The van der Waals surface area contributed by atoms with E-state index < -0.39 is 6.04 Å². The first kappa shape index (κ1) is 14.3. The van der Waals surface area contributed by atoms with Crippen LogP contribution in [0, 0.1) is 0 Å². The second-order valence-electron chi connectivity index (χ2n) is 5.33. The number of aromatic amines is 1. The van der Waals surface area contributed by atoms with Crippen molar-refractivity contribution >= 4 is 16.8 Å². The van der Waals surface area contributed by atoms with Crippen molar-refractivity contribution in [3.63, 3.8) is 0 Å². The quantitative estimate of drug-likeness (QED) is 0.658. The zero-order valence-electron chi connectivity index (χ0n) is 12.4. The summed E-state index contributed by atoms with van der Waals surface area (Å²) in [5.41, 5.74) is 9.08. The number of nitrogens with zero attached hydrogens (tertiary/aromatic N) is 2. The van der Waals surface area contributed by atoms with Crippen molar-refractivity contribution in [2.24, 2.45) is 12.8 Å². The Hall–Kier alpha value is -2.60. The van der Waals surface area contributed by atoms with Crippen molar-refractivity contribution in [3.8, 4) is 0 Å². The Morgan fingerprint density at radius 2 is 2.23 bits per heavy atom. The van der Waals surface area contributed by atoms with Crippen LogP contribution in [-0.4, -0.2) is 26.7 Å². The van der Waals surface area contributed by atoms with E-state index in [1.165, 1.54) is 0 Å². The van der Waals surface area contributed by atoms with E-state index in [0.29, 0.717) is 13.0 Å². The van der Waals surface area contributed by atoms with Gasteiger partial charge >= 0.3 is 0 Å². The SMILES string of the molecule is Cn1nccc1CNC(=O)[C@@H](N)Cc1c[nH]c2ccccc12. The number of H-pyrrole nitrogens is 1. The fraction of sp³-hybridized carbons (Fsp3) is 0.250. The predicted octanol–water partition coefficient (Wildman–Crippen LogP) is 1.09. The van der Waals surface area contributed by atoms with E-state index in [0.717, 1.165) is 22.2 Å². The van der Waals surface area contributed by atoms with E-state index in [1.807, 2.05) is 43.6 Å². The summed E-state index contributed by atoms with van der Waals surface area (Å²) in [7, 11) is 1.84. The molecule has 3 aromatic rings. The van der Waals surface area contributed by atoms with E-state index in [-0.39, 0.29) is 5.91 Å². The maximum atomic E-state index is 12.1. The van der Waals surface area contributed by atoms with Crippen LogP contribution in [0.25, 0.3) is 10.9 Å². The number of fused-ring (bicyclic) bond motifs is 1. The number of aromatic nitrogens is 3. The minimum absolute atomic E-state index is 0.161. The number of nitrogens with one attached hydrogen (secondary N) is 2. The van der Waals surface area contributed by atoms with E-state index in [9.17, 15) is 4.79 Å². The molecule has 1 aromatic carbocycles. The smallest absolute Gasteiger partial charge is 0.237 e. The van der Waals surface area contributed by atoms with Gasteiger partial charge in [-0.3, -0.25) is 9.48 Å². The normalized spacial score (nSPS) is 12.5. The lowest BCUT2D eigenvalue weighted by Gasteiger charge is -2.12. The number of hydrogen-bond donors (Lipinski definition) is 3. The fourth-order valence-corrected chi connectivity index (χ4v) is 2.51. The van der Waals surface area contributed by atoms with Crippen molar-refractivity contribution in [2.45, 2.75) is 19.0 Å². The Morgan fingerprint density at radius 3 is 3.00 bits per heavy atom. The monoisotopic (exact) mass is 297 g/mol. The zero-order chi connectivity index (χ0) is 15.5. The number of carbonyl (C=O) groups excluding carboxylic acids is 1. The Kier molecular flexibility index (Phi) is 3.93. The maximum Gasteiger partial charge on any atom is 0.237 e. The molecule has 0 aliphatic heterocycles. The van der Waals surface area contributed by atoms with Crippen LogP contribution >= 0.6 is 0 Å². The van der Waals surface area contributed by atoms with Crippen molar-refractivity contribution in [1.82, 2.24) is 20.1 Å². The molecule has 0 radical (unpaired) electrons. The Bertz CT molecular complexity index is 789. The molecule has 0 aliphatic rings. The Morgan fingerprint density at radius 1 is 1.41 bits per heavy atom. The maximum absolute atomic E-state index is 12.1. The molecule has 0 saturated carbocycles. The summed E-state index contributed by atoms with van der Waals surface area (Å²) in [6.07, 6.45) is 4.12. The number of rotatable bonds is 5. The molecule has 0 fully saturated rings. The number of benzene rings is 1. The molecule has 22 heavy (non-hydrogen) atoms. The first-order chi connectivity index (χ1) is 10.6. The van der Waals surface area contributed by atoms with E-state index in [2.05, 4.69) is 15.4 Å². The summed E-state index contributed by atoms with van der Waals surface area (Å²) >= 11 is 0. The number of amides is 1. The molecular weight excluding hydrogens is 278 g/mol. The highest BCUT2D eigenvalue weighted by atomic mass is 16.2. The number of para-hydroxylation sites is 1. The van der Waals surface area contributed by atoms with Crippen LogP contribution in [-0.2, 0) is 24.8 Å². The number of hydrogen-bond acceptors (Lipinski definition) is 3. The van der Waals surface area contributed by atoms with Gasteiger partial charge in [-0.1, -0.05) is 18.2 Å². The van der Waals surface area contributed by atoms with Crippen LogP contribution < -0.4 is 11.1 Å². The lowest BCUT2D eigenvalue weighted by molar-refractivity contribution is -0.122. The minimum Gasteiger partial charge on any atom is -0.361 e. The highest BCUT2D eigenvalue weighted by Gasteiger charge is 2.16. The standard InChI is InChI=1S/C16H19N5O/c1-21-12(6-7-20-21)10-19-16(22)14(17)8-11-9-18-15-5-3-2-4-13(11)15/h2-7,9,14,18H,8,10,17H2,1H3,(H,19,22)/t14-/m0/s1. The molecule has 114 valence electrons. The first-order valence-electron chi connectivity index (χ1n) is 7.20. The van der Waals surface area contributed by atoms with Gasteiger partial charge in [0.2, 0.25) is 5.91 Å². The highest BCUT2D eigenvalue weighted by molar-refractivity contribution is 5.86. The third-order valence-corrected chi connectivity index (χ3v) is 3.82. The van der Waals surface area contributed by atoms with Crippen LogP contribution in [0.2, 0.25) is 0 Å². The molecule has 6 nitrogen and oxygen atoms in total. The lowest BCUT2D eigenvalue weighted by Crippen LogP contribution is -2.41. The van der Waals surface area contributed by atoms with Crippen molar-refractivity contribution < 1.29 is 4.79 Å². The molecule has 1 atom stereocenters. The summed E-state index contributed by atoms with van der Waals surface area (Å²) in [5, 5.41) is 8.02. The van der Waals surface area contributed by atoms with Gasteiger partial charge in [0.25, 0.3) is 0 Å². The van der Waals surface area contributed by atoms with Crippen LogP contribution in [0.5, 0.6) is 0 Å². The summed E-state index contributed by atoms with van der Waals surface area (Å²) < 4.78 is 1.73. The van der Waals surface area contributed by atoms with Crippen LogP contribution in [0.4, 0.5) is 0 Å². The largest absolute Gasteiger partial charge is 0.361 e. The second kappa shape index (κ2) is 6.03. The summed E-state index contributed by atoms with van der Waals surface area (Å²) in [6, 6.07) is 9.28. The van der Waals surface area contributed by atoms with Gasteiger partial charge in [0.1, 0.15) is 0 Å². The molecular formula is C16H19N5O. The zero-order valence-corrected chi connectivity index (χ0v) is 12.4. The molecule has 6 heteroatoms. The molecule has 0 aliphatic carbocycles. The van der Waals surface area contributed by atoms with Crippen LogP contribution in [0.3, 0.4) is 0 Å². The summed E-state index contributed by atoms with van der Waals surface area (Å²) in [4.78, 5) is 15.3. The van der Waals surface area contributed by atoms with Crippen molar-refractivity contribution in [3.05, 3.63) is 54.0 Å². The average molecular weight is 297 g/mol. The van der Waals surface area contributed by atoms with Gasteiger partial charge in [-0.15, -0.1) is 0 Å². The van der Waals surface area contributed by atoms with Crippen molar-refractivity contribution in [1.29, 1.82) is 0 Å². The average Bonchev–Trinajstić information content (AvgIpc) is 3.12. The van der Waals surface area contributed by atoms with Gasteiger partial charge in [-0.05, 0) is 24.1 Å². The third kappa shape index (κ3) is 2.87. The molecule has 0 bridgehead atoms. The van der Waals surface area contributed by atoms with Gasteiger partial charge in [-0.2, -0.15) is 5.10 Å². The van der Waals surface area contributed by atoms with E-state index in [1.54, 1.807) is 10.9 Å². The molecule has 3 rings (SSSR count). The summed E-state index contributed by atoms with van der Waals surface area (Å²) in [6.45, 7) is 0.427. The molecule has 0 saturated heterocycles. The number of nitrogens with two attached hydrogens (primary N) is 1. The lowest BCUT2D eigenvalue weighted by atomic mass is 10.1. The van der Waals surface area contributed by atoms with Gasteiger partial charge < -0.3 is 16.0 Å².